The summed E-state index contributed by atoms with van der Waals surface area (Å²) in [5.41, 5.74) is 2.50. The predicted octanol–water partition coefficient (Wildman–Crippen LogP) is 2.53. The molecule has 0 aliphatic heterocycles. The lowest BCUT2D eigenvalue weighted by atomic mass is 10.1. The molecule has 0 amide bonds. The fourth-order valence-electron chi connectivity index (χ4n) is 2.54. The SMILES string of the molecule is O=[N+]([O-])c1ccc2c(c1)nc(Cc1ccccc1)n2CCO. The second kappa shape index (κ2) is 5.95. The van der Waals surface area contributed by atoms with Gasteiger partial charge >= 0.3 is 0 Å². The van der Waals surface area contributed by atoms with Gasteiger partial charge in [0, 0.05) is 25.1 Å². The van der Waals surface area contributed by atoms with Crippen LogP contribution in [0.15, 0.2) is 48.5 Å². The molecular weight excluding hydrogens is 282 g/mol. The Morgan fingerprint density at radius 3 is 2.64 bits per heavy atom. The first-order chi connectivity index (χ1) is 10.7. The van der Waals surface area contributed by atoms with E-state index in [1.165, 1.54) is 12.1 Å². The molecule has 0 saturated carbocycles. The summed E-state index contributed by atoms with van der Waals surface area (Å²) in [6.45, 7) is 0.403. The highest BCUT2D eigenvalue weighted by Gasteiger charge is 2.14. The number of fused-ring (bicyclic) bond motifs is 1. The van der Waals surface area contributed by atoms with Gasteiger partial charge in [0.15, 0.2) is 0 Å². The third-order valence-electron chi connectivity index (χ3n) is 3.55. The number of aliphatic hydroxyl groups is 1. The highest BCUT2D eigenvalue weighted by Crippen LogP contribution is 2.23. The Kier molecular flexibility index (Phi) is 3.84. The first-order valence-corrected chi connectivity index (χ1v) is 6.97. The van der Waals surface area contributed by atoms with Gasteiger partial charge in [-0.1, -0.05) is 30.3 Å². The molecule has 6 heteroatoms. The summed E-state index contributed by atoms with van der Waals surface area (Å²) in [5.74, 6) is 0.788. The second-order valence-corrected chi connectivity index (χ2v) is 5.00. The molecule has 0 fully saturated rings. The van der Waals surface area contributed by atoms with E-state index >= 15 is 0 Å². The van der Waals surface area contributed by atoms with Crippen molar-refractivity contribution in [1.29, 1.82) is 0 Å². The summed E-state index contributed by atoms with van der Waals surface area (Å²) in [6, 6.07) is 14.5. The van der Waals surface area contributed by atoms with Crippen LogP contribution in [0.4, 0.5) is 5.69 Å². The summed E-state index contributed by atoms with van der Waals surface area (Å²) in [5, 5.41) is 20.2. The van der Waals surface area contributed by atoms with Gasteiger partial charge < -0.3 is 9.67 Å². The fourth-order valence-corrected chi connectivity index (χ4v) is 2.54. The standard InChI is InChI=1S/C16H15N3O3/c20-9-8-18-15-7-6-13(19(21)22)11-14(15)17-16(18)10-12-4-2-1-3-5-12/h1-7,11,20H,8-10H2. The van der Waals surface area contributed by atoms with E-state index in [1.54, 1.807) is 6.07 Å². The average molecular weight is 297 g/mol. The Bertz CT molecular complexity index is 812. The molecule has 1 N–H and O–H groups in total. The van der Waals surface area contributed by atoms with Gasteiger partial charge in [-0.05, 0) is 11.6 Å². The van der Waals surface area contributed by atoms with E-state index in [0.29, 0.717) is 18.5 Å². The number of nitrogens with zero attached hydrogens (tertiary/aromatic N) is 3. The summed E-state index contributed by atoms with van der Waals surface area (Å²) in [4.78, 5) is 15.0. The third-order valence-corrected chi connectivity index (χ3v) is 3.55. The maximum atomic E-state index is 10.9. The first-order valence-electron chi connectivity index (χ1n) is 6.97. The van der Waals surface area contributed by atoms with E-state index in [2.05, 4.69) is 4.98 Å². The average Bonchev–Trinajstić information content (AvgIpc) is 2.85. The number of rotatable bonds is 5. The van der Waals surface area contributed by atoms with Gasteiger partial charge in [0.05, 0.1) is 22.6 Å². The zero-order chi connectivity index (χ0) is 15.5. The molecule has 0 aliphatic rings. The minimum absolute atomic E-state index is 0.00969. The fraction of sp³-hybridized carbons (Fsp3) is 0.188. The van der Waals surface area contributed by atoms with Crippen molar-refractivity contribution in [3.05, 3.63) is 70.0 Å². The summed E-state index contributed by atoms with van der Waals surface area (Å²) < 4.78 is 1.91. The van der Waals surface area contributed by atoms with Gasteiger partial charge in [-0.25, -0.2) is 4.98 Å². The molecule has 6 nitrogen and oxygen atoms in total. The molecule has 0 aliphatic carbocycles. The number of hydrogen-bond donors (Lipinski definition) is 1. The van der Waals surface area contributed by atoms with E-state index in [9.17, 15) is 15.2 Å². The van der Waals surface area contributed by atoms with Gasteiger partial charge in [0.1, 0.15) is 5.82 Å². The highest BCUT2D eigenvalue weighted by molar-refractivity contribution is 5.78. The van der Waals surface area contributed by atoms with Gasteiger partial charge in [-0.15, -0.1) is 0 Å². The van der Waals surface area contributed by atoms with Gasteiger partial charge in [0.2, 0.25) is 0 Å². The van der Waals surface area contributed by atoms with Crippen LogP contribution < -0.4 is 0 Å². The van der Waals surface area contributed by atoms with Crippen LogP contribution in [0.1, 0.15) is 11.4 Å². The van der Waals surface area contributed by atoms with Crippen molar-refractivity contribution < 1.29 is 10.0 Å². The Labute approximate surface area is 126 Å². The van der Waals surface area contributed by atoms with Crippen molar-refractivity contribution in [2.75, 3.05) is 6.61 Å². The molecular formula is C16H15N3O3. The Balaban J connectivity index is 2.07. The van der Waals surface area contributed by atoms with Crippen LogP contribution in [-0.4, -0.2) is 26.2 Å². The molecule has 0 unspecified atom stereocenters. The molecule has 22 heavy (non-hydrogen) atoms. The normalized spacial score (nSPS) is 11.0. The van der Waals surface area contributed by atoms with Crippen molar-refractivity contribution >= 4 is 16.7 Å². The molecule has 2 aromatic carbocycles. The van der Waals surface area contributed by atoms with Crippen LogP contribution in [0.2, 0.25) is 0 Å². The molecule has 0 atom stereocenters. The number of aliphatic hydroxyl groups excluding tert-OH is 1. The van der Waals surface area contributed by atoms with Gasteiger partial charge in [-0.2, -0.15) is 0 Å². The lowest BCUT2D eigenvalue weighted by molar-refractivity contribution is -0.384. The monoisotopic (exact) mass is 297 g/mol. The Morgan fingerprint density at radius 1 is 1.18 bits per heavy atom. The highest BCUT2D eigenvalue weighted by atomic mass is 16.6. The smallest absolute Gasteiger partial charge is 0.271 e. The molecule has 3 rings (SSSR count). The largest absolute Gasteiger partial charge is 0.395 e. The summed E-state index contributed by atoms with van der Waals surface area (Å²) >= 11 is 0. The van der Waals surface area contributed by atoms with Gasteiger partial charge in [-0.3, -0.25) is 10.1 Å². The van der Waals surface area contributed by atoms with Crippen molar-refractivity contribution in [3.8, 4) is 0 Å². The van der Waals surface area contributed by atoms with Crippen LogP contribution in [0.25, 0.3) is 11.0 Å². The summed E-state index contributed by atoms with van der Waals surface area (Å²) in [7, 11) is 0. The maximum absolute atomic E-state index is 10.9. The van der Waals surface area contributed by atoms with Crippen molar-refractivity contribution in [3.63, 3.8) is 0 Å². The van der Waals surface area contributed by atoms with E-state index in [1.807, 2.05) is 34.9 Å². The Hall–Kier alpha value is -2.73. The minimum atomic E-state index is -0.429. The van der Waals surface area contributed by atoms with Crippen LogP contribution in [0, 0.1) is 10.1 Å². The van der Waals surface area contributed by atoms with E-state index < -0.39 is 4.92 Å². The Morgan fingerprint density at radius 2 is 1.95 bits per heavy atom. The quantitative estimate of drug-likeness (QED) is 0.579. The minimum Gasteiger partial charge on any atom is -0.395 e. The number of imidazole rings is 1. The van der Waals surface area contributed by atoms with Crippen LogP contribution >= 0.6 is 0 Å². The maximum Gasteiger partial charge on any atom is 0.271 e. The van der Waals surface area contributed by atoms with Crippen LogP contribution in [0.5, 0.6) is 0 Å². The molecule has 3 aromatic rings. The van der Waals surface area contributed by atoms with Crippen LogP contribution in [0.3, 0.4) is 0 Å². The molecule has 1 heterocycles. The number of aromatic nitrogens is 2. The number of nitro benzene ring substituents is 1. The van der Waals surface area contributed by atoms with Crippen molar-refractivity contribution in [1.82, 2.24) is 9.55 Å². The molecule has 1 aromatic heterocycles. The van der Waals surface area contributed by atoms with E-state index in [4.69, 9.17) is 0 Å². The number of hydrogen-bond acceptors (Lipinski definition) is 4. The zero-order valence-electron chi connectivity index (χ0n) is 11.8. The summed E-state index contributed by atoms with van der Waals surface area (Å²) in [6.07, 6.45) is 0.614. The molecule has 0 bridgehead atoms. The number of nitro groups is 1. The van der Waals surface area contributed by atoms with Gasteiger partial charge in [0.25, 0.3) is 5.69 Å². The molecule has 0 spiro atoms. The molecule has 0 radical (unpaired) electrons. The third kappa shape index (κ3) is 2.68. The van der Waals surface area contributed by atoms with Crippen molar-refractivity contribution in [2.24, 2.45) is 0 Å². The number of benzene rings is 2. The first kappa shape index (κ1) is 14.2. The number of non-ortho nitro benzene ring substituents is 1. The zero-order valence-corrected chi connectivity index (χ0v) is 11.8. The lowest BCUT2D eigenvalue weighted by Gasteiger charge is -2.07. The van der Waals surface area contributed by atoms with Crippen LogP contribution in [-0.2, 0) is 13.0 Å². The second-order valence-electron chi connectivity index (χ2n) is 5.00. The van der Waals surface area contributed by atoms with E-state index in [-0.39, 0.29) is 12.3 Å². The molecule has 112 valence electrons. The lowest BCUT2D eigenvalue weighted by Crippen LogP contribution is -2.07. The predicted molar refractivity (Wildman–Crippen MR) is 82.7 cm³/mol. The topological polar surface area (TPSA) is 81.2 Å². The van der Waals surface area contributed by atoms with E-state index in [0.717, 1.165) is 16.9 Å². The molecule has 0 saturated heterocycles. The van der Waals surface area contributed by atoms with Crippen molar-refractivity contribution in [2.45, 2.75) is 13.0 Å².